The molecule has 0 heterocycles. The van der Waals surface area contributed by atoms with Crippen molar-refractivity contribution in [3.63, 3.8) is 0 Å². The van der Waals surface area contributed by atoms with Crippen LogP contribution in [0.3, 0.4) is 0 Å². The van der Waals surface area contributed by atoms with Crippen LogP contribution in [-0.2, 0) is 16.6 Å². The summed E-state index contributed by atoms with van der Waals surface area (Å²) in [5, 5.41) is 0. The van der Waals surface area contributed by atoms with Crippen LogP contribution in [-0.4, -0.2) is 8.42 Å². The number of hydrogen-bond acceptors (Lipinski definition) is 3. The van der Waals surface area contributed by atoms with Crippen LogP contribution in [0, 0.1) is 5.82 Å². The van der Waals surface area contributed by atoms with E-state index in [0.29, 0.717) is 15.7 Å². The highest BCUT2D eigenvalue weighted by atomic mass is 79.9. The molecule has 0 fully saturated rings. The molecule has 0 unspecified atom stereocenters. The molecule has 3 N–H and O–H groups in total. The second-order valence-corrected chi connectivity index (χ2v) is 6.76. The Morgan fingerprint density at radius 1 is 1.20 bits per heavy atom. The molecule has 0 atom stereocenters. The lowest BCUT2D eigenvalue weighted by atomic mass is 10.2. The fourth-order valence-corrected chi connectivity index (χ4v) is 3.16. The summed E-state index contributed by atoms with van der Waals surface area (Å²) < 4.78 is 40.1. The van der Waals surface area contributed by atoms with Gasteiger partial charge < -0.3 is 5.73 Å². The molecule has 7 heteroatoms. The number of rotatable bonds is 4. The number of halogens is 2. The fraction of sp³-hybridized carbons (Fsp3) is 0.0769. The van der Waals surface area contributed by atoms with Gasteiger partial charge in [-0.3, -0.25) is 0 Å². The topological polar surface area (TPSA) is 72.2 Å². The van der Waals surface area contributed by atoms with Gasteiger partial charge in [-0.2, -0.15) is 0 Å². The number of nitrogen functional groups attached to an aromatic ring is 1. The summed E-state index contributed by atoms with van der Waals surface area (Å²) in [7, 11) is -3.67. The first-order chi connectivity index (χ1) is 9.38. The normalized spacial score (nSPS) is 11.5. The second kappa shape index (κ2) is 5.90. The van der Waals surface area contributed by atoms with Gasteiger partial charge in [-0.15, -0.1) is 0 Å². The SMILES string of the molecule is Nc1ccc(S(=O)(=O)NCc2cccc(F)c2)cc1Br. The zero-order chi connectivity index (χ0) is 14.8. The summed E-state index contributed by atoms with van der Waals surface area (Å²) in [5.74, 6) is -0.406. The van der Waals surface area contributed by atoms with Crippen LogP contribution in [0.4, 0.5) is 10.1 Å². The Labute approximate surface area is 125 Å². The molecule has 0 saturated heterocycles. The summed E-state index contributed by atoms with van der Waals surface area (Å²) in [6.45, 7) is 0.0160. The summed E-state index contributed by atoms with van der Waals surface area (Å²) in [4.78, 5) is 0.0926. The van der Waals surface area contributed by atoms with E-state index in [9.17, 15) is 12.8 Å². The van der Waals surface area contributed by atoms with Gasteiger partial charge in [0.2, 0.25) is 10.0 Å². The van der Waals surface area contributed by atoms with Gasteiger partial charge in [0.05, 0.1) is 4.90 Å². The third-order valence-electron chi connectivity index (χ3n) is 2.64. The van der Waals surface area contributed by atoms with Crippen LogP contribution in [0.5, 0.6) is 0 Å². The smallest absolute Gasteiger partial charge is 0.240 e. The molecule has 2 aromatic rings. The summed E-state index contributed by atoms with van der Waals surface area (Å²) in [6.07, 6.45) is 0. The Morgan fingerprint density at radius 2 is 1.95 bits per heavy atom. The van der Waals surface area contributed by atoms with Crippen molar-refractivity contribution in [3.05, 3.63) is 58.3 Å². The number of sulfonamides is 1. The average Bonchev–Trinajstić information content (AvgIpc) is 2.40. The van der Waals surface area contributed by atoms with Gasteiger partial charge in [-0.05, 0) is 51.8 Å². The summed E-state index contributed by atoms with van der Waals surface area (Å²) in [6, 6.07) is 10.1. The Hall–Kier alpha value is -1.44. The number of anilines is 1. The molecule has 4 nitrogen and oxygen atoms in total. The van der Waals surface area contributed by atoms with Crippen molar-refractivity contribution < 1.29 is 12.8 Å². The van der Waals surface area contributed by atoms with Gasteiger partial charge in [-0.1, -0.05) is 12.1 Å². The lowest BCUT2D eigenvalue weighted by molar-refractivity contribution is 0.580. The first kappa shape index (κ1) is 15.0. The molecule has 0 aliphatic rings. The maximum atomic E-state index is 13.0. The van der Waals surface area contributed by atoms with Crippen molar-refractivity contribution >= 4 is 31.6 Å². The average molecular weight is 359 g/mol. The van der Waals surface area contributed by atoms with Gasteiger partial charge in [0.1, 0.15) is 5.82 Å². The first-order valence-corrected chi connectivity index (χ1v) is 7.95. The first-order valence-electron chi connectivity index (χ1n) is 5.67. The van der Waals surface area contributed by atoms with Crippen molar-refractivity contribution in [2.24, 2.45) is 0 Å². The predicted octanol–water partition coefficient (Wildman–Crippen LogP) is 2.65. The van der Waals surface area contributed by atoms with E-state index in [4.69, 9.17) is 5.73 Å². The maximum Gasteiger partial charge on any atom is 0.240 e. The van der Waals surface area contributed by atoms with Gasteiger partial charge in [0.15, 0.2) is 0 Å². The van der Waals surface area contributed by atoms with Crippen molar-refractivity contribution in [1.29, 1.82) is 0 Å². The number of nitrogens with two attached hydrogens (primary N) is 1. The molecule has 0 radical (unpaired) electrons. The predicted molar refractivity (Wildman–Crippen MR) is 79.0 cm³/mol. The van der Waals surface area contributed by atoms with E-state index in [-0.39, 0.29) is 11.4 Å². The highest BCUT2D eigenvalue weighted by Gasteiger charge is 2.14. The minimum absolute atomic E-state index is 0.0160. The van der Waals surface area contributed by atoms with Gasteiger partial charge in [-0.25, -0.2) is 17.5 Å². The largest absolute Gasteiger partial charge is 0.398 e. The van der Waals surface area contributed by atoms with E-state index in [0.717, 1.165) is 0 Å². The highest BCUT2D eigenvalue weighted by Crippen LogP contribution is 2.23. The van der Waals surface area contributed by atoms with Gasteiger partial charge >= 0.3 is 0 Å². The minimum atomic E-state index is -3.67. The summed E-state index contributed by atoms with van der Waals surface area (Å²) in [5.41, 5.74) is 6.61. The van der Waals surface area contributed by atoms with E-state index in [1.54, 1.807) is 6.07 Å². The van der Waals surface area contributed by atoms with Gasteiger partial charge in [0.25, 0.3) is 0 Å². The molecule has 0 saturated carbocycles. The van der Waals surface area contributed by atoms with E-state index in [1.165, 1.54) is 36.4 Å². The zero-order valence-corrected chi connectivity index (χ0v) is 12.7. The van der Waals surface area contributed by atoms with E-state index in [1.807, 2.05) is 0 Å². The van der Waals surface area contributed by atoms with E-state index >= 15 is 0 Å². The van der Waals surface area contributed by atoms with E-state index in [2.05, 4.69) is 20.7 Å². The lowest BCUT2D eigenvalue weighted by Gasteiger charge is -2.08. The molecule has 0 aliphatic heterocycles. The minimum Gasteiger partial charge on any atom is -0.398 e. The molecule has 106 valence electrons. The van der Waals surface area contributed by atoms with Crippen LogP contribution >= 0.6 is 15.9 Å². The van der Waals surface area contributed by atoms with Crippen LogP contribution in [0.2, 0.25) is 0 Å². The van der Waals surface area contributed by atoms with Crippen LogP contribution < -0.4 is 10.5 Å². The van der Waals surface area contributed by atoms with Crippen LogP contribution in [0.25, 0.3) is 0 Å². The molecule has 2 rings (SSSR count). The highest BCUT2D eigenvalue weighted by molar-refractivity contribution is 9.10. The molecule has 0 bridgehead atoms. The molecule has 0 aliphatic carbocycles. The monoisotopic (exact) mass is 358 g/mol. The van der Waals surface area contributed by atoms with Crippen molar-refractivity contribution in [1.82, 2.24) is 4.72 Å². The number of nitrogens with one attached hydrogen (secondary N) is 1. The van der Waals surface area contributed by atoms with E-state index < -0.39 is 15.8 Å². The Morgan fingerprint density at radius 3 is 2.60 bits per heavy atom. The molecule has 20 heavy (non-hydrogen) atoms. The van der Waals surface area contributed by atoms with Crippen molar-refractivity contribution in [2.75, 3.05) is 5.73 Å². The zero-order valence-electron chi connectivity index (χ0n) is 10.3. The van der Waals surface area contributed by atoms with Crippen LogP contribution in [0.15, 0.2) is 51.8 Å². The molecule has 0 spiro atoms. The third kappa shape index (κ3) is 3.56. The van der Waals surface area contributed by atoms with Crippen molar-refractivity contribution in [3.8, 4) is 0 Å². The van der Waals surface area contributed by atoms with Gasteiger partial charge in [0, 0.05) is 16.7 Å². The lowest BCUT2D eigenvalue weighted by Crippen LogP contribution is -2.23. The molecule has 2 aromatic carbocycles. The summed E-state index contributed by atoms with van der Waals surface area (Å²) >= 11 is 3.18. The number of benzene rings is 2. The molecule has 0 aromatic heterocycles. The molecule has 0 amide bonds. The fourth-order valence-electron chi connectivity index (χ4n) is 1.58. The Bertz CT molecular complexity index is 735. The number of hydrogen-bond donors (Lipinski definition) is 2. The second-order valence-electron chi connectivity index (χ2n) is 4.14. The molecular weight excluding hydrogens is 347 g/mol. The Balaban J connectivity index is 2.17. The molecular formula is C13H12BrFN2O2S. The standard InChI is InChI=1S/C13H12BrFN2O2S/c14-12-7-11(4-5-13(12)16)20(18,19)17-8-9-2-1-3-10(15)6-9/h1-7,17H,8,16H2. The quantitative estimate of drug-likeness (QED) is 0.825. The van der Waals surface area contributed by atoms with Crippen molar-refractivity contribution in [2.45, 2.75) is 11.4 Å². The maximum absolute atomic E-state index is 13.0. The van der Waals surface area contributed by atoms with Crippen LogP contribution in [0.1, 0.15) is 5.56 Å². The Kier molecular flexibility index (Phi) is 4.42. The third-order valence-corrected chi connectivity index (χ3v) is 4.72.